The Bertz CT molecular complexity index is 427. The summed E-state index contributed by atoms with van der Waals surface area (Å²) < 4.78 is 0. The zero-order chi connectivity index (χ0) is 10.5. The highest BCUT2D eigenvalue weighted by Gasteiger charge is 2.04. The maximum absolute atomic E-state index is 11.6. The topological polar surface area (TPSA) is 54.9 Å². The Hall–Kier alpha value is -1.75. The van der Waals surface area contributed by atoms with Crippen molar-refractivity contribution in [1.29, 1.82) is 0 Å². The lowest BCUT2D eigenvalue weighted by atomic mass is 10.2. The average Bonchev–Trinajstić information content (AvgIpc) is 2.80. The van der Waals surface area contributed by atoms with Crippen LogP contribution in [-0.4, -0.2) is 15.9 Å². The Morgan fingerprint density at radius 1 is 1.33 bits per heavy atom. The van der Waals surface area contributed by atoms with Crippen LogP contribution in [0.4, 0.5) is 0 Å². The van der Waals surface area contributed by atoms with E-state index in [1.165, 1.54) is 11.3 Å². The molecule has 2 aromatic heterocycles. The van der Waals surface area contributed by atoms with Crippen molar-refractivity contribution in [2.24, 2.45) is 0 Å². The number of pyridine rings is 1. The predicted octanol–water partition coefficient (Wildman–Crippen LogP) is 1.47. The van der Waals surface area contributed by atoms with E-state index >= 15 is 0 Å². The molecule has 76 valence electrons. The molecule has 0 saturated heterocycles. The first-order valence-corrected chi connectivity index (χ1v) is 5.31. The van der Waals surface area contributed by atoms with E-state index in [1.807, 2.05) is 5.38 Å². The lowest BCUT2D eigenvalue weighted by Gasteiger charge is -2.01. The van der Waals surface area contributed by atoms with Gasteiger partial charge in [-0.3, -0.25) is 9.78 Å². The molecule has 15 heavy (non-hydrogen) atoms. The molecular weight excluding hydrogens is 210 g/mol. The largest absolute Gasteiger partial charge is 0.346 e. The second kappa shape index (κ2) is 4.65. The van der Waals surface area contributed by atoms with Crippen molar-refractivity contribution in [3.05, 3.63) is 46.7 Å². The fourth-order valence-corrected chi connectivity index (χ4v) is 1.66. The summed E-state index contributed by atoms with van der Waals surface area (Å²) in [6.45, 7) is 0.471. The van der Waals surface area contributed by atoms with Crippen LogP contribution >= 0.6 is 11.3 Å². The van der Waals surface area contributed by atoms with Gasteiger partial charge in [0.2, 0.25) is 0 Å². The molecule has 0 aliphatic heterocycles. The van der Waals surface area contributed by atoms with Crippen molar-refractivity contribution in [3.8, 4) is 0 Å². The lowest BCUT2D eigenvalue weighted by molar-refractivity contribution is 0.0951. The molecule has 1 N–H and O–H groups in total. The summed E-state index contributed by atoms with van der Waals surface area (Å²) in [5.74, 6) is -0.104. The first-order valence-electron chi connectivity index (χ1n) is 4.43. The van der Waals surface area contributed by atoms with Crippen molar-refractivity contribution in [3.63, 3.8) is 0 Å². The number of aromatic nitrogens is 2. The molecule has 0 aliphatic carbocycles. The number of amides is 1. The number of carbonyl (C=O) groups is 1. The third-order valence-electron chi connectivity index (χ3n) is 1.83. The normalized spacial score (nSPS) is 9.87. The molecule has 1 amide bonds. The Morgan fingerprint density at radius 2 is 2.13 bits per heavy atom. The quantitative estimate of drug-likeness (QED) is 0.850. The number of carbonyl (C=O) groups excluding carboxylic acids is 1. The monoisotopic (exact) mass is 219 g/mol. The molecule has 0 radical (unpaired) electrons. The molecule has 0 aliphatic rings. The van der Waals surface area contributed by atoms with Crippen LogP contribution in [0.3, 0.4) is 0 Å². The first kappa shape index (κ1) is 9.79. The molecule has 2 heterocycles. The Morgan fingerprint density at radius 3 is 2.80 bits per heavy atom. The van der Waals surface area contributed by atoms with Gasteiger partial charge in [-0.2, -0.15) is 0 Å². The smallest absolute Gasteiger partial charge is 0.251 e. The van der Waals surface area contributed by atoms with Gasteiger partial charge in [-0.25, -0.2) is 4.98 Å². The maximum atomic E-state index is 11.6. The maximum Gasteiger partial charge on any atom is 0.251 e. The summed E-state index contributed by atoms with van der Waals surface area (Å²) >= 11 is 1.52. The van der Waals surface area contributed by atoms with Crippen LogP contribution in [0, 0.1) is 0 Å². The van der Waals surface area contributed by atoms with Crippen molar-refractivity contribution >= 4 is 17.2 Å². The standard InChI is InChI=1S/C10H9N3OS/c14-10(8-1-3-11-4-2-8)13-7-9-12-5-6-15-9/h1-6H,7H2,(H,13,14). The van der Waals surface area contributed by atoms with Gasteiger partial charge in [-0.05, 0) is 12.1 Å². The van der Waals surface area contributed by atoms with Gasteiger partial charge in [-0.1, -0.05) is 0 Å². The molecule has 5 heteroatoms. The molecule has 4 nitrogen and oxygen atoms in total. The summed E-state index contributed by atoms with van der Waals surface area (Å²) in [5, 5.41) is 5.57. The van der Waals surface area contributed by atoms with Crippen molar-refractivity contribution < 1.29 is 4.79 Å². The molecule has 0 aromatic carbocycles. The fraction of sp³-hybridized carbons (Fsp3) is 0.100. The summed E-state index contributed by atoms with van der Waals surface area (Å²) in [6, 6.07) is 3.36. The van der Waals surface area contributed by atoms with E-state index in [0.29, 0.717) is 12.1 Å². The molecule has 0 atom stereocenters. The van der Waals surface area contributed by atoms with Crippen LogP contribution in [0.1, 0.15) is 15.4 Å². The third-order valence-corrected chi connectivity index (χ3v) is 2.61. The van der Waals surface area contributed by atoms with Gasteiger partial charge in [0.15, 0.2) is 0 Å². The van der Waals surface area contributed by atoms with Crippen LogP contribution in [0.2, 0.25) is 0 Å². The predicted molar refractivity (Wildman–Crippen MR) is 57.5 cm³/mol. The second-order valence-corrected chi connectivity index (χ2v) is 3.82. The molecule has 0 unspecified atom stereocenters. The fourth-order valence-electron chi connectivity index (χ4n) is 1.10. The Kier molecular flexibility index (Phi) is 3.04. The van der Waals surface area contributed by atoms with E-state index in [9.17, 15) is 4.79 Å². The average molecular weight is 219 g/mol. The third kappa shape index (κ3) is 2.60. The minimum Gasteiger partial charge on any atom is -0.346 e. The zero-order valence-electron chi connectivity index (χ0n) is 7.88. The van der Waals surface area contributed by atoms with Crippen LogP contribution in [0.15, 0.2) is 36.1 Å². The van der Waals surface area contributed by atoms with Crippen LogP contribution in [0.5, 0.6) is 0 Å². The van der Waals surface area contributed by atoms with Gasteiger partial charge in [0.05, 0.1) is 6.54 Å². The number of nitrogens with zero attached hydrogens (tertiary/aromatic N) is 2. The van der Waals surface area contributed by atoms with E-state index in [0.717, 1.165) is 5.01 Å². The lowest BCUT2D eigenvalue weighted by Crippen LogP contribution is -2.22. The first-order chi connectivity index (χ1) is 7.36. The number of rotatable bonds is 3. The number of hydrogen-bond acceptors (Lipinski definition) is 4. The van der Waals surface area contributed by atoms with Gasteiger partial charge in [0, 0.05) is 29.5 Å². The van der Waals surface area contributed by atoms with Gasteiger partial charge in [0.1, 0.15) is 5.01 Å². The Labute approximate surface area is 91.0 Å². The molecule has 2 aromatic rings. The molecule has 0 fully saturated rings. The van der Waals surface area contributed by atoms with Crippen molar-refractivity contribution in [2.45, 2.75) is 6.54 Å². The highest BCUT2D eigenvalue weighted by Crippen LogP contribution is 2.03. The second-order valence-electron chi connectivity index (χ2n) is 2.84. The Balaban J connectivity index is 1.94. The summed E-state index contributed by atoms with van der Waals surface area (Å²) in [4.78, 5) is 19.5. The van der Waals surface area contributed by atoms with E-state index < -0.39 is 0 Å². The molecule has 0 bridgehead atoms. The molecule has 0 spiro atoms. The summed E-state index contributed by atoms with van der Waals surface area (Å²) in [7, 11) is 0. The summed E-state index contributed by atoms with van der Waals surface area (Å²) in [6.07, 6.45) is 4.91. The minimum atomic E-state index is -0.104. The van der Waals surface area contributed by atoms with E-state index in [2.05, 4.69) is 15.3 Å². The highest BCUT2D eigenvalue weighted by atomic mass is 32.1. The van der Waals surface area contributed by atoms with Crippen LogP contribution in [-0.2, 0) is 6.54 Å². The van der Waals surface area contributed by atoms with Crippen LogP contribution < -0.4 is 5.32 Å². The SMILES string of the molecule is O=C(NCc1nccs1)c1ccncc1. The van der Waals surface area contributed by atoms with Gasteiger partial charge >= 0.3 is 0 Å². The summed E-state index contributed by atoms with van der Waals surface area (Å²) in [5.41, 5.74) is 0.613. The molecular formula is C10H9N3OS. The van der Waals surface area contributed by atoms with E-state index in [-0.39, 0.29) is 5.91 Å². The van der Waals surface area contributed by atoms with Gasteiger partial charge < -0.3 is 5.32 Å². The molecule has 2 rings (SSSR count). The van der Waals surface area contributed by atoms with E-state index in [1.54, 1.807) is 30.7 Å². The molecule has 0 saturated carbocycles. The number of hydrogen-bond donors (Lipinski definition) is 1. The number of nitrogens with one attached hydrogen (secondary N) is 1. The number of thiazole rings is 1. The van der Waals surface area contributed by atoms with Gasteiger partial charge in [-0.15, -0.1) is 11.3 Å². The zero-order valence-corrected chi connectivity index (χ0v) is 8.70. The van der Waals surface area contributed by atoms with Crippen LogP contribution in [0.25, 0.3) is 0 Å². The minimum absolute atomic E-state index is 0.104. The van der Waals surface area contributed by atoms with Crippen molar-refractivity contribution in [1.82, 2.24) is 15.3 Å². The van der Waals surface area contributed by atoms with Crippen molar-refractivity contribution in [2.75, 3.05) is 0 Å². The highest BCUT2D eigenvalue weighted by molar-refractivity contribution is 7.09. The van der Waals surface area contributed by atoms with Gasteiger partial charge in [0.25, 0.3) is 5.91 Å². The van der Waals surface area contributed by atoms with E-state index in [4.69, 9.17) is 0 Å².